The zero-order chi connectivity index (χ0) is 19.1. The molecule has 2 aromatic rings. The number of benzene rings is 2. The van der Waals surface area contributed by atoms with Crippen molar-refractivity contribution in [2.75, 3.05) is 6.54 Å². The molecule has 1 heterocycles. The van der Waals surface area contributed by atoms with Crippen LogP contribution in [0.15, 0.2) is 60.7 Å². The minimum absolute atomic E-state index is 0.103. The number of likely N-dealkylation sites (tertiary alicyclic amines) is 1. The van der Waals surface area contributed by atoms with Crippen molar-refractivity contribution in [1.82, 2.24) is 10.2 Å². The van der Waals surface area contributed by atoms with Crippen molar-refractivity contribution >= 4 is 12.0 Å². The van der Waals surface area contributed by atoms with Crippen LogP contribution in [-0.4, -0.2) is 40.8 Å². The van der Waals surface area contributed by atoms with Gasteiger partial charge in [0.15, 0.2) is 0 Å². The normalized spacial score (nSPS) is 19.6. The molecule has 1 unspecified atom stereocenters. The molecule has 2 amide bonds. The number of nitrogens with one attached hydrogen (secondary N) is 1. The van der Waals surface area contributed by atoms with Gasteiger partial charge in [-0.15, -0.1) is 0 Å². The molecule has 1 aliphatic heterocycles. The molecule has 3 rings (SSSR count). The summed E-state index contributed by atoms with van der Waals surface area (Å²) in [4.78, 5) is 25.7. The molecular formula is C21H24N2O4. The SMILES string of the molecule is O=C(N[C@H]1CCC(=O)N(CCc2ccccc2)C1O)OCc1ccccc1. The number of aliphatic hydroxyl groups excluding tert-OH is 1. The highest BCUT2D eigenvalue weighted by Crippen LogP contribution is 2.18. The summed E-state index contributed by atoms with van der Waals surface area (Å²) in [6.45, 7) is 0.563. The van der Waals surface area contributed by atoms with E-state index < -0.39 is 18.4 Å². The predicted molar refractivity (Wildman–Crippen MR) is 101 cm³/mol. The van der Waals surface area contributed by atoms with Gasteiger partial charge in [0, 0.05) is 13.0 Å². The highest BCUT2D eigenvalue weighted by Gasteiger charge is 2.35. The fourth-order valence-corrected chi connectivity index (χ4v) is 3.15. The van der Waals surface area contributed by atoms with E-state index >= 15 is 0 Å². The summed E-state index contributed by atoms with van der Waals surface area (Å²) < 4.78 is 5.21. The first-order chi connectivity index (χ1) is 13.1. The second-order valence-electron chi connectivity index (χ2n) is 6.59. The Hall–Kier alpha value is -2.86. The third-order valence-corrected chi connectivity index (χ3v) is 4.67. The molecule has 1 aliphatic rings. The molecule has 0 aliphatic carbocycles. The lowest BCUT2D eigenvalue weighted by atomic mass is 10.0. The van der Waals surface area contributed by atoms with Gasteiger partial charge in [-0.3, -0.25) is 4.79 Å². The number of piperidine rings is 1. The van der Waals surface area contributed by atoms with E-state index in [0.717, 1.165) is 11.1 Å². The van der Waals surface area contributed by atoms with Gasteiger partial charge in [-0.1, -0.05) is 60.7 Å². The third-order valence-electron chi connectivity index (χ3n) is 4.67. The second-order valence-corrected chi connectivity index (χ2v) is 6.59. The summed E-state index contributed by atoms with van der Waals surface area (Å²) in [5.74, 6) is -0.103. The average Bonchev–Trinajstić information content (AvgIpc) is 2.70. The predicted octanol–water partition coefficient (Wildman–Crippen LogP) is 2.46. The van der Waals surface area contributed by atoms with Crippen LogP contribution in [0.4, 0.5) is 4.79 Å². The van der Waals surface area contributed by atoms with E-state index in [1.165, 1.54) is 4.90 Å². The average molecular weight is 368 g/mol. The second kappa shape index (κ2) is 9.19. The van der Waals surface area contributed by atoms with E-state index in [-0.39, 0.29) is 18.9 Å². The zero-order valence-corrected chi connectivity index (χ0v) is 15.1. The van der Waals surface area contributed by atoms with Crippen molar-refractivity contribution in [2.24, 2.45) is 0 Å². The molecule has 0 bridgehead atoms. The van der Waals surface area contributed by atoms with Crippen molar-refractivity contribution in [3.8, 4) is 0 Å². The number of nitrogens with zero attached hydrogens (tertiary/aromatic N) is 1. The molecule has 0 aromatic heterocycles. The fourth-order valence-electron chi connectivity index (χ4n) is 3.15. The topological polar surface area (TPSA) is 78.9 Å². The Morgan fingerprint density at radius 3 is 2.37 bits per heavy atom. The van der Waals surface area contributed by atoms with E-state index in [9.17, 15) is 14.7 Å². The van der Waals surface area contributed by atoms with Crippen LogP contribution in [0.5, 0.6) is 0 Å². The number of carbonyl (C=O) groups excluding carboxylic acids is 2. The van der Waals surface area contributed by atoms with Crippen LogP contribution in [-0.2, 0) is 22.6 Å². The molecule has 0 radical (unpaired) electrons. The maximum atomic E-state index is 12.2. The molecule has 0 saturated carbocycles. The van der Waals surface area contributed by atoms with Crippen molar-refractivity contribution < 1.29 is 19.4 Å². The van der Waals surface area contributed by atoms with E-state index in [0.29, 0.717) is 19.4 Å². The zero-order valence-electron chi connectivity index (χ0n) is 15.1. The Bertz CT molecular complexity index is 751. The van der Waals surface area contributed by atoms with Crippen LogP contribution in [0.2, 0.25) is 0 Å². The number of hydrogen-bond acceptors (Lipinski definition) is 4. The monoisotopic (exact) mass is 368 g/mol. The minimum atomic E-state index is -1.06. The number of alkyl carbamates (subject to hydrolysis) is 1. The van der Waals surface area contributed by atoms with Gasteiger partial charge < -0.3 is 20.1 Å². The maximum Gasteiger partial charge on any atom is 0.407 e. The number of rotatable bonds is 6. The van der Waals surface area contributed by atoms with Crippen molar-refractivity contribution in [3.05, 3.63) is 71.8 Å². The van der Waals surface area contributed by atoms with Crippen LogP contribution in [0.3, 0.4) is 0 Å². The summed E-state index contributed by atoms with van der Waals surface area (Å²) in [6, 6.07) is 18.6. The van der Waals surface area contributed by atoms with Gasteiger partial charge in [0.2, 0.25) is 5.91 Å². The lowest BCUT2D eigenvalue weighted by Gasteiger charge is -2.38. The number of hydrogen-bond donors (Lipinski definition) is 2. The first-order valence-electron chi connectivity index (χ1n) is 9.12. The Morgan fingerprint density at radius 1 is 1.07 bits per heavy atom. The fraction of sp³-hybridized carbons (Fsp3) is 0.333. The van der Waals surface area contributed by atoms with Gasteiger partial charge >= 0.3 is 6.09 Å². The molecule has 1 fully saturated rings. The highest BCUT2D eigenvalue weighted by atomic mass is 16.5. The largest absolute Gasteiger partial charge is 0.445 e. The smallest absolute Gasteiger partial charge is 0.407 e. The Balaban J connectivity index is 1.51. The van der Waals surface area contributed by atoms with Crippen LogP contribution in [0.1, 0.15) is 24.0 Å². The molecule has 2 atom stereocenters. The lowest BCUT2D eigenvalue weighted by molar-refractivity contribution is -0.149. The Labute approximate surface area is 158 Å². The highest BCUT2D eigenvalue weighted by molar-refractivity contribution is 5.78. The molecule has 0 spiro atoms. The molecule has 27 heavy (non-hydrogen) atoms. The van der Waals surface area contributed by atoms with Crippen LogP contribution in [0, 0.1) is 0 Å². The summed E-state index contributed by atoms with van der Waals surface area (Å²) >= 11 is 0. The number of carbonyl (C=O) groups is 2. The summed E-state index contributed by atoms with van der Waals surface area (Å²) in [5.41, 5.74) is 1.98. The quantitative estimate of drug-likeness (QED) is 0.821. The first-order valence-corrected chi connectivity index (χ1v) is 9.12. The van der Waals surface area contributed by atoms with E-state index in [1.54, 1.807) is 0 Å². The van der Waals surface area contributed by atoms with Crippen LogP contribution < -0.4 is 5.32 Å². The Kier molecular flexibility index (Phi) is 6.44. The summed E-state index contributed by atoms with van der Waals surface area (Å²) in [5, 5.41) is 13.2. The van der Waals surface area contributed by atoms with Crippen LogP contribution >= 0.6 is 0 Å². The van der Waals surface area contributed by atoms with E-state index in [1.807, 2.05) is 60.7 Å². The van der Waals surface area contributed by atoms with Crippen molar-refractivity contribution in [2.45, 2.75) is 38.1 Å². The van der Waals surface area contributed by atoms with Crippen molar-refractivity contribution in [1.29, 1.82) is 0 Å². The molecule has 6 heteroatoms. The molecular weight excluding hydrogens is 344 g/mol. The van der Waals surface area contributed by atoms with Gasteiger partial charge in [-0.25, -0.2) is 4.79 Å². The third kappa shape index (κ3) is 5.31. The minimum Gasteiger partial charge on any atom is -0.445 e. The molecule has 6 nitrogen and oxygen atoms in total. The summed E-state index contributed by atoms with van der Waals surface area (Å²) in [7, 11) is 0. The molecule has 1 saturated heterocycles. The Morgan fingerprint density at radius 2 is 1.70 bits per heavy atom. The van der Waals surface area contributed by atoms with Gasteiger partial charge in [0.1, 0.15) is 12.8 Å². The molecule has 2 N–H and O–H groups in total. The van der Waals surface area contributed by atoms with Crippen LogP contribution in [0.25, 0.3) is 0 Å². The van der Waals surface area contributed by atoms with Gasteiger partial charge in [0.05, 0.1) is 6.04 Å². The molecule has 2 aromatic carbocycles. The van der Waals surface area contributed by atoms with E-state index in [2.05, 4.69) is 5.32 Å². The van der Waals surface area contributed by atoms with Gasteiger partial charge in [-0.05, 0) is 24.0 Å². The lowest BCUT2D eigenvalue weighted by Crippen LogP contribution is -2.57. The maximum absolute atomic E-state index is 12.2. The standard InChI is InChI=1S/C21H24N2O4/c24-19-12-11-18(22-21(26)27-15-17-9-5-2-6-10-17)20(25)23(19)14-13-16-7-3-1-4-8-16/h1-10,18,20,25H,11-15H2,(H,22,26)/t18-,20?/m0/s1. The van der Waals surface area contributed by atoms with Gasteiger partial charge in [0.25, 0.3) is 0 Å². The molecule has 142 valence electrons. The van der Waals surface area contributed by atoms with Gasteiger partial charge in [-0.2, -0.15) is 0 Å². The first kappa shape index (κ1) is 18.9. The van der Waals surface area contributed by atoms with E-state index in [4.69, 9.17) is 4.74 Å². The van der Waals surface area contributed by atoms with Crippen molar-refractivity contribution in [3.63, 3.8) is 0 Å². The number of ether oxygens (including phenoxy) is 1. The number of amides is 2. The summed E-state index contributed by atoms with van der Waals surface area (Å²) in [6.07, 6.45) is -0.327. The number of aliphatic hydroxyl groups is 1.